The maximum atomic E-state index is 9.44. The molecule has 0 saturated heterocycles. The fourth-order valence-electron chi connectivity index (χ4n) is 1.96. The minimum absolute atomic E-state index is 0.558. The summed E-state index contributed by atoms with van der Waals surface area (Å²) in [6.07, 6.45) is 1.80. The van der Waals surface area contributed by atoms with E-state index in [1.807, 2.05) is 30.3 Å². The molecule has 0 N–H and O–H groups in total. The Kier molecular flexibility index (Phi) is 5.64. The number of methoxy groups -OCH3 is 2. The van der Waals surface area contributed by atoms with E-state index in [1.54, 1.807) is 26.4 Å². The van der Waals surface area contributed by atoms with Crippen molar-refractivity contribution in [3.63, 3.8) is 0 Å². The van der Waals surface area contributed by atoms with Gasteiger partial charge in [-0.3, -0.25) is 0 Å². The van der Waals surface area contributed by atoms with Gasteiger partial charge < -0.3 is 9.47 Å². The second-order valence-corrected chi connectivity index (χ2v) is 6.18. The van der Waals surface area contributed by atoms with Crippen molar-refractivity contribution in [2.45, 2.75) is 0 Å². The summed E-state index contributed by atoms with van der Waals surface area (Å²) < 4.78 is 12.4. The Morgan fingerprint density at radius 3 is 2.23 bits per heavy atom. The molecule has 0 atom stereocenters. The predicted octanol–water partition coefficient (Wildman–Crippen LogP) is 5.29. The van der Waals surface area contributed by atoms with Gasteiger partial charge in [-0.1, -0.05) is 28.1 Å². The van der Waals surface area contributed by atoms with E-state index in [1.165, 1.54) is 0 Å². The van der Waals surface area contributed by atoms with Crippen LogP contribution in [0.1, 0.15) is 11.1 Å². The quantitative estimate of drug-likeness (QED) is 0.496. The molecule has 0 unspecified atom stereocenters. The van der Waals surface area contributed by atoms with Crippen LogP contribution in [-0.2, 0) is 0 Å². The molecule has 0 radical (unpaired) electrons. The van der Waals surface area contributed by atoms with E-state index in [0.717, 1.165) is 20.1 Å². The molecule has 0 heterocycles. The molecule has 0 aromatic heterocycles. The Morgan fingerprint density at radius 2 is 1.68 bits per heavy atom. The molecule has 2 aromatic rings. The van der Waals surface area contributed by atoms with Crippen LogP contribution in [-0.4, -0.2) is 14.2 Å². The molecule has 0 fully saturated rings. The largest absolute Gasteiger partial charge is 0.496 e. The van der Waals surface area contributed by atoms with Gasteiger partial charge in [0.25, 0.3) is 0 Å². The molecule has 0 aliphatic heterocycles. The van der Waals surface area contributed by atoms with Crippen molar-refractivity contribution in [3.8, 4) is 17.6 Å². The molecular weight excluding hydrogens is 410 g/mol. The fourth-order valence-corrected chi connectivity index (χ4v) is 2.75. The maximum absolute atomic E-state index is 9.44. The molecule has 0 bridgehead atoms. The van der Waals surface area contributed by atoms with E-state index in [0.29, 0.717) is 17.1 Å². The van der Waals surface area contributed by atoms with Crippen LogP contribution in [0, 0.1) is 11.3 Å². The van der Waals surface area contributed by atoms with Crippen molar-refractivity contribution in [2.75, 3.05) is 14.2 Å². The third kappa shape index (κ3) is 3.70. The molecular formula is C17H13Br2NO2. The standard InChI is InChI=1S/C17H13Br2NO2/c1-21-16-9-17(22-2)15(19)8-12(16)7-13(10-20)11-3-5-14(18)6-4-11/h3-9H,1-2H3/b13-7-. The lowest BCUT2D eigenvalue weighted by atomic mass is 10.0. The van der Waals surface area contributed by atoms with Gasteiger partial charge in [-0.2, -0.15) is 5.26 Å². The minimum atomic E-state index is 0.558. The van der Waals surface area contributed by atoms with Crippen molar-refractivity contribution in [1.82, 2.24) is 0 Å². The molecule has 2 rings (SSSR count). The normalized spacial score (nSPS) is 11.0. The van der Waals surface area contributed by atoms with Gasteiger partial charge in [0, 0.05) is 16.1 Å². The zero-order valence-electron chi connectivity index (χ0n) is 12.1. The molecule has 112 valence electrons. The average Bonchev–Trinajstić information content (AvgIpc) is 2.53. The van der Waals surface area contributed by atoms with Crippen LogP contribution in [0.3, 0.4) is 0 Å². The van der Waals surface area contributed by atoms with Crippen LogP contribution in [0.2, 0.25) is 0 Å². The molecule has 2 aromatic carbocycles. The second-order valence-electron chi connectivity index (χ2n) is 4.41. The number of allylic oxidation sites excluding steroid dienone is 1. The van der Waals surface area contributed by atoms with Gasteiger partial charge in [-0.05, 0) is 45.8 Å². The van der Waals surface area contributed by atoms with E-state index >= 15 is 0 Å². The van der Waals surface area contributed by atoms with Crippen molar-refractivity contribution >= 4 is 43.5 Å². The SMILES string of the molecule is COc1cc(OC)c(/C=C(/C#N)c2ccc(Br)cc2)cc1Br. The van der Waals surface area contributed by atoms with Crippen LogP contribution in [0.15, 0.2) is 45.3 Å². The summed E-state index contributed by atoms with van der Waals surface area (Å²) in [5, 5.41) is 9.44. The molecule has 0 aliphatic rings. The highest BCUT2D eigenvalue weighted by Gasteiger charge is 2.10. The van der Waals surface area contributed by atoms with Gasteiger partial charge >= 0.3 is 0 Å². The third-order valence-electron chi connectivity index (χ3n) is 3.08. The summed E-state index contributed by atoms with van der Waals surface area (Å²) in [5.41, 5.74) is 2.21. The van der Waals surface area contributed by atoms with E-state index in [4.69, 9.17) is 9.47 Å². The topological polar surface area (TPSA) is 42.2 Å². The van der Waals surface area contributed by atoms with Crippen LogP contribution < -0.4 is 9.47 Å². The molecule has 0 aliphatic carbocycles. The van der Waals surface area contributed by atoms with E-state index in [2.05, 4.69) is 37.9 Å². The van der Waals surface area contributed by atoms with E-state index in [9.17, 15) is 5.26 Å². The number of hydrogen-bond acceptors (Lipinski definition) is 3. The molecule has 3 nitrogen and oxygen atoms in total. The third-order valence-corrected chi connectivity index (χ3v) is 4.23. The number of rotatable bonds is 4. The van der Waals surface area contributed by atoms with Crippen molar-refractivity contribution in [3.05, 3.63) is 56.5 Å². The maximum Gasteiger partial charge on any atom is 0.136 e. The Morgan fingerprint density at radius 1 is 1.05 bits per heavy atom. The molecule has 22 heavy (non-hydrogen) atoms. The zero-order valence-corrected chi connectivity index (χ0v) is 15.2. The summed E-state index contributed by atoms with van der Waals surface area (Å²) in [6.45, 7) is 0. The van der Waals surface area contributed by atoms with Gasteiger partial charge in [-0.15, -0.1) is 0 Å². The van der Waals surface area contributed by atoms with E-state index in [-0.39, 0.29) is 0 Å². The van der Waals surface area contributed by atoms with Crippen LogP contribution in [0.5, 0.6) is 11.5 Å². The number of hydrogen-bond donors (Lipinski definition) is 0. The lowest BCUT2D eigenvalue weighted by Crippen LogP contribution is -1.92. The van der Waals surface area contributed by atoms with Crippen LogP contribution in [0.25, 0.3) is 11.6 Å². The van der Waals surface area contributed by atoms with Gasteiger partial charge in [0.2, 0.25) is 0 Å². The highest BCUT2D eigenvalue weighted by molar-refractivity contribution is 9.10. The van der Waals surface area contributed by atoms with Crippen LogP contribution in [0.4, 0.5) is 0 Å². The number of halogens is 2. The fraction of sp³-hybridized carbons (Fsp3) is 0.118. The molecule has 5 heteroatoms. The van der Waals surface area contributed by atoms with Crippen molar-refractivity contribution in [1.29, 1.82) is 5.26 Å². The van der Waals surface area contributed by atoms with E-state index < -0.39 is 0 Å². The summed E-state index contributed by atoms with van der Waals surface area (Å²) in [4.78, 5) is 0. The Labute approximate surface area is 146 Å². The minimum Gasteiger partial charge on any atom is -0.496 e. The van der Waals surface area contributed by atoms with Gasteiger partial charge in [-0.25, -0.2) is 0 Å². The summed E-state index contributed by atoms with van der Waals surface area (Å²) in [7, 11) is 3.18. The van der Waals surface area contributed by atoms with Crippen molar-refractivity contribution < 1.29 is 9.47 Å². The first kappa shape index (κ1) is 16.6. The number of ether oxygens (including phenoxy) is 2. The average molecular weight is 423 g/mol. The Hall–Kier alpha value is -1.77. The first-order chi connectivity index (χ1) is 10.6. The first-order valence-corrected chi connectivity index (χ1v) is 7.97. The Bertz CT molecular complexity index is 746. The number of nitriles is 1. The highest BCUT2D eigenvalue weighted by Crippen LogP contribution is 2.34. The van der Waals surface area contributed by atoms with Gasteiger partial charge in [0.15, 0.2) is 0 Å². The zero-order chi connectivity index (χ0) is 16.1. The highest BCUT2D eigenvalue weighted by atomic mass is 79.9. The predicted molar refractivity (Wildman–Crippen MR) is 94.9 cm³/mol. The molecule has 0 spiro atoms. The van der Waals surface area contributed by atoms with Gasteiger partial charge in [0.1, 0.15) is 11.5 Å². The molecule has 0 amide bonds. The second kappa shape index (κ2) is 7.48. The summed E-state index contributed by atoms with van der Waals surface area (Å²) in [5.74, 6) is 1.32. The van der Waals surface area contributed by atoms with Crippen molar-refractivity contribution in [2.24, 2.45) is 0 Å². The Balaban J connectivity index is 2.52. The number of benzene rings is 2. The van der Waals surface area contributed by atoms with Gasteiger partial charge in [0.05, 0.1) is 30.3 Å². The smallest absolute Gasteiger partial charge is 0.136 e. The summed E-state index contributed by atoms with van der Waals surface area (Å²) in [6, 6.07) is 13.5. The van der Waals surface area contributed by atoms with Crippen LogP contribution >= 0.6 is 31.9 Å². The molecule has 0 saturated carbocycles. The first-order valence-electron chi connectivity index (χ1n) is 6.38. The lowest BCUT2D eigenvalue weighted by molar-refractivity contribution is 0.392. The number of nitrogens with zero attached hydrogens (tertiary/aromatic N) is 1. The lowest BCUT2D eigenvalue weighted by Gasteiger charge is -2.10. The summed E-state index contributed by atoms with van der Waals surface area (Å²) >= 11 is 6.84. The monoisotopic (exact) mass is 421 g/mol.